The van der Waals surface area contributed by atoms with Gasteiger partial charge in [0.25, 0.3) is 0 Å². The average Bonchev–Trinajstić information content (AvgIpc) is 2.55. The van der Waals surface area contributed by atoms with Crippen molar-refractivity contribution >= 4 is 11.8 Å². The van der Waals surface area contributed by atoms with Gasteiger partial charge in [0.1, 0.15) is 17.8 Å². The molecule has 1 saturated heterocycles. The lowest BCUT2D eigenvalue weighted by atomic mass is 9.40. The molecule has 158 valence electrons. The molecule has 0 amide bonds. The van der Waals surface area contributed by atoms with E-state index in [1.165, 1.54) is 13.0 Å². The molecule has 6 heteroatoms. The number of esters is 1. The fourth-order valence-corrected chi connectivity index (χ4v) is 6.71. The van der Waals surface area contributed by atoms with Gasteiger partial charge in [-0.25, -0.2) is 0 Å². The van der Waals surface area contributed by atoms with E-state index in [4.69, 9.17) is 9.47 Å². The first-order chi connectivity index (χ1) is 12.7. The molecule has 7 unspecified atom stereocenters. The molecular weight excluding hydrogens is 360 g/mol. The molecule has 3 aliphatic rings. The van der Waals surface area contributed by atoms with Crippen LogP contribution in [0.2, 0.25) is 0 Å². The number of hydrogen-bond donors (Lipinski definition) is 2. The van der Waals surface area contributed by atoms with Crippen LogP contribution in [0.5, 0.6) is 0 Å². The van der Waals surface area contributed by atoms with E-state index in [-0.39, 0.29) is 17.6 Å². The largest absolute Gasteiger partial charge is 0.459 e. The minimum absolute atomic E-state index is 0.0176. The number of carbonyl (C=O) groups excluding carboxylic acids is 2. The van der Waals surface area contributed by atoms with Gasteiger partial charge in [-0.1, -0.05) is 33.3 Å². The van der Waals surface area contributed by atoms with Crippen LogP contribution in [-0.4, -0.2) is 51.0 Å². The van der Waals surface area contributed by atoms with Crippen molar-refractivity contribution in [3.8, 4) is 0 Å². The molecule has 7 atom stereocenters. The maximum atomic E-state index is 13.5. The van der Waals surface area contributed by atoms with Crippen LogP contribution >= 0.6 is 0 Å². The Hall–Kier alpha value is -1.24. The summed E-state index contributed by atoms with van der Waals surface area (Å²) in [4.78, 5) is 25.4. The summed E-state index contributed by atoms with van der Waals surface area (Å²) in [6.45, 7) is 14.3. The Balaban J connectivity index is 2.27. The highest BCUT2D eigenvalue weighted by molar-refractivity contribution is 5.92. The lowest BCUT2D eigenvalue weighted by molar-refractivity contribution is -0.357. The lowest BCUT2D eigenvalue weighted by Crippen LogP contribution is -2.84. The van der Waals surface area contributed by atoms with Crippen LogP contribution in [-0.2, 0) is 19.1 Å². The van der Waals surface area contributed by atoms with Gasteiger partial charge in [-0.3, -0.25) is 9.59 Å². The molecular formula is C22H34O6. The van der Waals surface area contributed by atoms with Crippen LogP contribution in [0.25, 0.3) is 0 Å². The fraction of sp³-hybridized carbons (Fsp3) is 0.818. The number of carbonyl (C=O) groups is 2. The molecule has 0 aromatic rings. The first-order valence-electron chi connectivity index (χ1n) is 10.1. The van der Waals surface area contributed by atoms with Gasteiger partial charge in [-0.15, -0.1) is 6.58 Å². The number of hydrogen-bond acceptors (Lipinski definition) is 6. The van der Waals surface area contributed by atoms with Gasteiger partial charge in [0.15, 0.2) is 11.4 Å². The zero-order chi connectivity index (χ0) is 21.3. The first-order valence-corrected chi connectivity index (χ1v) is 10.1. The molecule has 0 radical (unpaired) electrons. The summed E-state index contributed by atoms with van der Waals surface area (Å²) in [5, 5.41) is 23.5. The Kier molecular flexibility index (Phi) is 4.70. The third-order valence-electron chi connectivity index (χ3n) is 7.89. The van der Waals surface area contributed by atoms with E-state index in [0.717, 1.165) is 12.8 Å². The smallest absolute Gasteiger partial charge is 0.303 e. The number of rotatable bonds is 2. The molecule has 6 nitrogen and oxygen atoms in total. The Bertz CT molecular complexity index is 716. The second kappa shape index (κ2) is 6.13. The summed E-state index contributed by atoms with van der Waals surface area (Å²) in [7, 11) is 0. The minimum atomic E-state index is -1.90. The molecule has 0 spiro atoms. The Labute approximate surface area is 167 Å². The molecule has 3 fully saturated rings. The van der Waals surface area contributed by atoms with Crippen LogP contribution in [0.4, 0.5) is 0 Å². The topological polar surface area (TPSA) is 93.1 Å². The number of fused-ring (bicyclic) bond motifs is 3. The van der Waals surface area contributed by atoms with Gasteiger partial charge >= 0.3 is 5.97 Å². The molecule has 2 aliphatic carbocycles. The zero-order valence-electron chi connectivity index (χ0n) is 17.9. The van der Waals surface area contributed by atoms with Crippen LogP contribution in [0, 0.1) is 16.7 Å². The summed E-state index contributed by atoms with van der Waals surface area (Å²) >= 11 is 0. The maximum Gasteiger partial charge on any atom is 0.303 e. The Morgan fingerprint density at radius 2 is 1.86 bits per heavy atom. The Morgan fingerprint density at radius 1 is 1.25 bits per heavy atom. The second-order valence-electron chi connectivity index (χ2n) is 10.3. The van der Waals surface area contributed by atoms with E-state index in [0.29, 0.717) is 6.42 Å². The van der Waals surface area contributed by atoms with Gasteiger partial charge < -0.3 is 19.7 Å². The zero-order valence-corrected chi connectivity index (χ0v) is 17.9. The molecule has 0 bridgehead atoms. The maximum absolute atomic E-state index is 13.5. The minimum Gasteiger partial charge on any atom is -0.459 e. The SMILES string of the molecule is C=CC1(C)CC(=O)C2(O)C3(C)CCCC(C)(C)C3C(OC(C)=O)C(O)C2(C)O1. The number of aliphatic hydroxyl groups is 2. The summed E-state index contributed by atoms with van der Waals surface area (Å²) in [5.41, 5.74) is -5.81. The average molecular weight is 395 g/mol. The van der Waals surface area contributed by atoms with Crippen molar-refractivity contribution in [2.75, 3.05) is 0 Å². The molecule has 2 N–H and O–H groups in total. The number of aliphatic hydroxyl groups excluding tert-OH is 1. The highest BCUT2D eigenvalue weighted by Crippen LogP contribution is 2.67. The third kappa shape index (κ3) is 2.50. The number of ketones is 1. The fourth-order valence-electron chi connectivity index (χ4n) is 6.71. The van der Waals surface area contributed by atoms with Crippen molar-refractivity contribution < 1.29 is 29.3 Å². The van der Waals surface area contributed by atoms with Crippen molar-refractivity contribution in [1.29, 1.82) is 0 Å². The van der Waals surface area contributed by atoms with Gasteiger partial charge in [0.05, 0.1) is 5.60 Å². The van der Waals surface area contributed by atoms with E-state index >= 15 is 0 Å². The van der Waals surface area contributed by atoms with Crippen molar-refractivity contribution in [2.45, 2.75) is 96.2 Å². The van der Waals surface area contributed by atoms with E-state index in [9.17, 15) is 19.8 Å². The van der Waals surface area contributed by atoms with E-state index in [1.807, 2.05) is 20.8 Å². The first kappa shape index (κ1) is 21.5. The molecule has 28 heavy (non-hydrogen) atoms. The van der Waals surface area contributed by atoms with Crippen molar-refractivity contribution in [1.82, 2.24) is 0 Å². The molecule has 1 heterocycles. The highest BCUT2D eigenvalue weighted by Gasteiger charge is 2.79. The summed E-state index contributed by atoms with van der Waals surface area (Å²) in [6.07, 6.45) is 1.52. The predicted octanol–water partition coefficient (Wildman–Crippen LogP) is 2.55. The number of ether oxygens (including phenoxy) is 2. The van der Waals surface area contributed by atoms with Gasteiger partial charge in [0, 0.05) is 24.7 Å². The lowest BCUT2D eigenvalue weighted by Gasteiger charge is -2.70. The Morgan fingerprint density at radius 3 is 2.39 bits per heavy atom. The van der Waals surface area contributed by atoms with E-state index in [2.05, 4.69) is 6.58 Å². The third-order valence-corrected chi connectivity index (χ3v) is 7.89. The monoisotopic (exact) mass is 394 g/mol. The van der Waals surface area contributed by atoms with Crippen molar-refractivity contribution in [3.63, 3.8) is 0 Å². The number of Topliss-reactive ketones (excluding diaryl/α,β-unsaturated/α-hetero) is 1. The van der Waals surface area contributed by atoms with Gasteiger partial charge in [-0.2, -0.15) is 0 Å². The van der Waals surface area contributed by atoms with Crippen LogP contribution < -0.4 is 0 Å². The van der Waals surface area contributed by atoms with Crippen molar-refractivity contribution in [2.24, 2.45) is 16.7 Å². The second-order valence-corrected chi connectivity index (χ2v) is 10.3. The standard InChI is InChI=1S/C22H34O6/c1-8-19(5)12-14(24)22(26)20(6)11-9-10-18(3,4)16(20)15(27-13(2)23)17(25)21(22,7)28-19/h8,15-17,25-26H,1,9-12H2,2-7H3. The van der Waals surface area contributed by atoms with Crippen LogP contribution in [0.3, 0.4) is 0 Å². The van der Waals surface area contributed by atoms with Crippen LogP contribution in [0.15, 0.2) is 12.7 Å². The molecule has 0 aromatic carbocycles. The van der Waals surface area contributed by atoms with E-state index < -0.39 is 46.3 Å². The van der Waals surface area contributed by atoms with Gasteiger partial charge in [-0.05, 0) is 32.1 Å². The quantitative estimate of drug-likeness (QED) is 0.552. The summed E-state index contributed by atoms with van der Waals surface area (Å²) in [6, 6.07) is 0. The molecule has 0 aromatic heterocycles. The normalized spacial score (nSPS) is 50.3. The summed E-state index contributed by atoms with van der Waals surface area (Å²) in [5.74, 6) is -1.25. The highest BCUT2D eigenvalue weighted by atomic mass is 16.6. The van der Waals surface area contributed by atoms with Crippen molar-refractivity contribution in [3.05, 3.63) is 12.7 Å². The predicted molar refractivity (Wildman–Crippen MR) is 103 cm³/mol. The summed E-state index contributed by atoms with van der Waals surface area (Å²) < 4.78 is 11.9. The van der Waals surface area contributed by atoms with E-state index in [1.54, 1.807) is 13.8 Å². The molecule has 1 aliphatic heterocycles. The molecule has 3 rings (SSSR count). The van der Waals surface area contributed by atoms with Crippen LogP contribution in [0.1, 0.15) is 67.2 Å². The van der Waals surface area contributed by atoms with Gasteiger partial charge in [0.2, 0.25) is 0 Å². The molecule has 2 saturated carbocycles.